The summed E-state index contributed by atoms with van der Waals surface area (Å²) in [6.45, 7) is 3.63. The monoisotopic (exact) mass is 481 g/mol. The van der Waals surface area contributed by atoms with Crippen molar-refractivity contribution in [3.8, 4) is 11.1 Å². The van der Waals surface area contributed by atoms with Crippen molar-refractivity contribution in [3.63, 3.8) is 0 Å². The molecular weight excluding hydrogens is 458 g/mol. The van der Waals surface area contributed by atoms with E-state index in [1.807, 2.05) is 43.3 Å². The summed E-state index contributed by atoms with van der Waals surface area (Å²) in [5.41, 5.74) is 3.02. The van der Waals surface area contributed by atoms with Gasteiger partial charge in [0.25, 0.3) is 0 Å². The highest BCUT2D eigenvalue weighted by Crippen LogP contribution is 2.37. The zero-order valence-electron chi connectivity index (χ0n) is 18.6. The third kappa shape index (κ3) is 3.91. The van der Waals surface area contributed by atoms with Gasteiger partial charge in [-0.25, -0.2) is 13.2 Å². The van der Waals surface area contributed by atoms with E-state index in [1.165, 1.54) is 0 Å². The van der Waals surface area contributed by atoms with E-state index in [2.05, 4.69) is 5.32 Å². The fourth-order valence-corrected chi connectivity index (χ4v) is 6.40. The number of aliphatic hydroxyl groups excluding tert-OH is 1. The number of sulfone groups is 1. The second kappa shape index (κ2) is 8.11. The molecule has 2 aromatic heterocycles. The molecule has 0 spiro atoms. The highest BCUT2D eigenvalue weighted by Gasteiger charge is 2.37. The Kier molecular flexibility index (Phi) is 5.33. The maximum absolute atomic E-state index is 12.7. The summed E-state index contributed by atoms with van der Waals surface area (Å²) in [6, 6.07) is 12.5. The van der Waals surface area contributed by atoms with Gasteiger partial charge in [-0.1, -0.05) is 30.3 Å². The number of hydrogen-bond acceptors (Lipinski definition) is 7. The van der Waals surface area contributed by atoms with Crippen LogP contribution in [-0.2, 0) is 21.1 Å². The van der Waals surface area contributed by atoms with Crippen molar-refractivity contribution in [1.82, 2.24) is 5.32 Å². The van der Waals surface area contributed by atoms with Gasteiger partial charge in [0.2, 0.25) is 5.91 Å². The van der Waals surface area contributed by atoms with Gasteiger partial charge in [-0.2, -0.15) is 0 Å². The van der Waals surface area contributed by atoms with Crippen molar-refractivity contribution in [1.29, 1.82) is 0 Å². The highest BCUT2D eigenvalue weighted by atomic mass is 32.2. The first-order valence-corrected chi connectivity index (χ1v) is 12.7. The molecule has 2 aromatic carbocycles. The molecule has 1 saturated heterocycles. The third-order valence-electron chi connectivity index (χ3n) is 6.34. The van der Waals surface area contributed by atoms with Gasteiger partial charge in [-0.15, -0.1) is 0 Å². The number of benzene rings is 2. The summed E-state index contributed by atoms with van der Waals surface area (Å²) in [5.74, 6) is -0.535. The molecule has 34 heavy (non-hydrogen) atoms. The quantitative estimate of drug-likeness (QED) is 0.429. The van der Waals surface area contributed by atoms with Crippen molar-refractivity contribution >= 4 is 37.7 Å². The second-order valence-corrected chi connectivity index (χ2v) is 10.9. The number of furan rings is 1. The van der Waals surface area contributed by atoms with Gasteiger partial charge < -0.3 is 19.3 Å². The van der Waals surface area contributed by atoms with Crippen molar-refractivity contribution < 1.29 is 27.2 Å². The van der Waals surface area contributed by atoms with Crippen LogP contribution in [0.4, 0.5) is 0 Å². The molecule has 1 aliphatic heterocycles. The van der Waals surface area contributed by atoms with Gasteiger partial charge in [-0.3, -0.25) is 4.79 Å². The third-order valence-corrected chi connectivity index (χ3v) is 8.06. The number of aryl methyl sites for hydroxylation is 2. The summed E-state index contributed by atoms with van der Waals surface area (Å²) in [6.07, 6.45) is -1.46. The van der Waals surface area contributed by atoms with Gasteiger partial charge in [0, 0.05) is 22.4 Å². The molecule has 2 N–H and O–H groups in total. The predicted molar refractivity (Wildman–Crippen MR) is 127 cm³/mol. The molecule has 5 rings (SSSR count). The van der Waals surface area contributed by atoms with E-state index >= 15 is 0 Å². The van der Waals surface area contributed by atoms with E-state index < -0.39 is 33.5 Å². The highest BCUT2D eigenvalue weighted by molar-refractivity contribution is 7.91. The molecule has 0 saturated carbocycles. The molecule has 4 aromatic rings. The van der Waals surface area contributed by atoms with Crippen LogP contribution in [0, 0.1) is 13.8 Å². The number of rotatable bonds is 4. The largest absolute Gasteiger partial charge is 0.461 e. The Bertz CT molecular complexity index is 1600. The van der Waals surface area contributed by atoms with Crippen molar-refractivity contribution in [2.24, 2.45) is 0 Å². The molecule has 2 atom stereocenters. The van der Waals surface area contributed by atoms with Crippen LogP contribution in [0.1, 0.15) is 16.9 Å². The van der Waals surface area contributed by atoms with Crippen LogP contribution in [0.3, 0.4) is 0 Å². The Morgan fingerprint density at radius 1 is 1.06 bits per heavy atom. The molecule has 0 radical (unpaired) electrons. The van der Waals surface area contributed by atoms with Crippen molar-refractivity contribution in [2.45, 2.75) is 32.4 Å². The zero-order valence-corrected chi connectivity index (χ0v) is 19.4. The topological polar surface area (TPSA) is 127 Å². The van der Waals surface area contributed by atoms with E-state index in [9.17, 15) is 23.1 Å². The van der Waals surface area contributed by atoms with Gasteiger partial charge in [0.05, 0.1) is 35.6 Å². The van der Waals surface area contributed by atoms with E-state index in [-0.39, 0.29) is 23.5 Å². The maximum Gasteiger partial charge on any atom is 0.340 e. The number of carbonyl (C=O) groups is 1. The second-order valence-electron chi connectivity index (χ2n) is 8.73. The molecule has 0 bridgehead atoms. The Hall–Kier alpha value is -3.43. The van der Waals surface area contributed by atoms with Crippen molar-refractivity contribution in [3.05, 3.63) is 69.8 Å². The Balaban J connectivity index is 1.54. The smallest absolute Gasteiger partial charge is 0.340 e. The lowest BCUT2D eigenvalue weighted by atomic mass is 9.98. The van der Waals surface area contributed by atoms with Crippen LogP contribution in [-0.4, -0.2) is 43.1 Å². The molecule has 1 fully saturated rings. The predicted octanol–water partition coefficient (Wildman–Crippen LogP) is 2.64. The summed E-state index contributed by atoms with van der Waals surface area (Å²) in [4.78, 5) is 25.3. The van der Waals surface area contributed by atoms with E-state index in [0.717, 1.165) is 22.3 Å². The molecular formula is C25H23NO7S. The zero-order chi connectivity index (χ0) is 24.2. The first-order chi connectivity index (χ1) is 16.1. The number of nitrogens with one attached hydrogen (secondary N) is 1. The first-order valence-electron chi connectivity index (χ1n) is 10.9. The molecule has 0 aliphatic carbocycles. The lowest BCUT2D eigenvalue weighted by Gasteiger charge is -2.15. The van der Waals surface area contributed by atoms with Crippen LogP contribution in [0.25, 0.3) is 33.1 Å². The van der Waals surface area contributed by atoms with Gasteiger partial charge in [0.1, 0.15) is 16.9 Å². The van der Waals surface area contributed by atoms with E-state index in [1.54, 1.807) is 13.0 Å². The number of carbonyl (C=O) groups excluding carboxylic acids is 1. The number of aliphatic hydroxyl groups is 1. The molecule has 3 heterocycles. The Morgan fingerprint density at radius 3 is 2.44 bits per heavy atom. The number of hydrogen-bond donors (Lipinski definition) is 2. The minimum absolute atomic E-state index is 0.182. The molecule has 1 aliphatic rings. The molecule has 176 valence electrons. The SMILES string of the molecule is Cc1oc2cc3oc(=O)c(CC(=O)N[C@H]4CS(=O)(=O)C[C@H]4O)c(C)c3cc2c1-c1ccccc1. The van der Waals surface area contributed by atoms with Crippen LogP contribution in [0.2, 0.25) is 0 Å². The fraction of sp³-hybridized carbons (Fsp3) is 0.280. The van der Waals surface area contributed by atoms with E-state index in [4.69, 9.17) is 8.83 Å². The normalized spacial score (nSPS) is 19.6. The fourth-order valence-electron chi connectivity index (χ4n) is 4.65. The van der Waals surface area contributed by atoms with Crippen LogP contribution in [0.5, 0.6) is 0 Å². The standard InChI is InChI=1S/C25H23NO7S/c1-13-16-8-18-22(32-14(2)24(18)15-6-4-3-5-7-15)10-21(16)33-25(29)17(13)9-23(28)26-19-11-34(30,31)12-20(19)27/h3-8,10,19-20,27H,9,11-12H2,1-2H3,(H,26,28)/t19-,20+/m0/s1. The average molecular weight is 482 g/mol. The van der Waals surface area contributed by atoms with Gasteiger partial charge in [-0.05, 0) is 31.0 Å². The lowest BCUT2D eigenvalue weighted by Crippen LogP contribution is -2.43. The minimum atomic E-state index is -3.41. The Labute approximate surface area is 195 Å². The summed E-state index contributed by atoms with van der Waals surface area (Å²) < 4.78 is 34.9. The molecule has 9 heteroatoms. The molecule has 1 amide bonds. The summed E-state index contributed by atoms with van der Waals surface area (Å²) in [7, 11) is -3.41. The number of amides is 1. The first kappa shape index (κ1) is 22.4. The molecule has 8 nitrogen and oxygen atoms in total. The lowest BCUT2D eigenvalue weighted by molar-refractivity contribution is -0.121. The number of fused-ring (bicyclic) bond motifs is 2. The average Bonchev–Trinajstić information content (AvgIpc) is 3.23. The van der Waals surface area contributed by atoms with E-state index in [0.29, 0.717) is 22.1 Å². The van der Waals surface area contributed by atoms with Crippen molar-refractivity contribution in [2.75, 3.05) is 11.5 Å². The summed E-state index contributed by atoms with van der Waals surface area (Å²) in [5, 5.41) is 14.0. The van der Waals surface area contributed by atoms with Gasteiger partial charge >= 0.3 is 5.63 Å². The Morgan fingerprint density at radius 2 is 1.76 bits per heavy atom. The minimum Gasteiger partial charge on any atom is -0.461 e. The van der Waals surface area contributed by atoms with Gasteiger partial charge in [0.15, 0.2) is 9.84 Å². The molecule has 0 unspecified atom stereocenters. The van der Waals surface area contributed by atoms with Crippen LogP contribution >= 0.6 is 0 Å². The maximum atomic E-state index is 12.7. The van der Waals surface area contributed by atoms with Crippen LogP contribution in [0.15, 0.2) is 56.1 Å². The van der Waals surface area contributed by atoms with Crippen LogP contribution < -0.4 is 10.9 Å². The summed E-state index contributed by atoms with van der Waals surface area (Å²) >= 11 is 0.